The molecule has 7 unspecified atom stereocenters. The van der Waals surface area contributed by atoms with E-state index >= 15 is 0 Å². The topological polar surface area (TPSA) is 149 Å². The third-order valence-electron chi connectivity index (χ3n) is 9.70. The minimum atomic E-state index is -1.58. The molecule has 0 aromatic rings. The van der Waals surface area contributed by atoms with Crippen molar-refractivity contribution in [3.63, 3.8) is 0 Å². The van der Waals surface area contributed by atoms with E-state index in [4.69, 9.17) is 9.47 Å². The Labute approximate surface area is 340 Å². The number of hydrogen-bond acceptors (Lipinski definition) is 8. The zero-order valence-corrected chi connectivity index (χ0v) is 34.8. The molecule has 0 aliphatic carbocycles. The predicted octanol–water partition coefficient (Wildman–Crippen LogP) is 8.77. The average molecular weight is 786 g/mol. The van der Waals surface area contributed by atoms with Crippen LogP contribution in [-0.2, 0) is 14.3 Å². The predicted molar refractivity (Wildman–Crippen MR) is 230 cm³/mol. The number of unbranched alkanes of at least 4 members (excludes halogenated alkanes) is 12. The molecule has 0 spiro atoms. The van der Waals surface area contributed by atoms with E-state index in [1.54, 1.807) is 6.08 Å². The van der Waals surface area contributed by atoms with E-state index in [9.17, 15) is 30.3 Å². The fourth-order valence-corrected chi connectivity index (χ4v) is 6.20. The van der Waals surface area contributed by atoms with Crippen molar-refractivity contribution in [3.8, 4) is 0 Å². The molecule has 1 aliphatic rings. The van der Waals surface area contributed by atoms with Crippen LogP contribution in [-0.4, -0.2) is 87.5 Å². The second-order valence-electron chi connectivity index (χ2n) is 14.7. The second kappa shape index (κ2) is 36.7. The maximum Gasteiger partial charge on any atom is 0.220 e. The maximum absolute atomic E-state index is 12.9. The van der Waals surface area contributed by atoms with Gasteiger partial charge in [0.2, 0.25) is 5.91 Å². The van der Waals surface area contributed by atoms with Crippen LogP contribution in [0.2, 0.25) is 0 Å². The number of carbonyl (C=O) groups is 1. The molecule has 1 amide bonds. The largest absolute Gasteiger partial charge is 0.394 e. The number of allylic oxidation sites excluding steroid dienone is 13. The molecule has 9 heteroatoms. The van der Waals surface area contributed by atoms with Gasteiger partial charge < -0.3 is 40.3 Å². The highest BCUT2D eigenvalue weighted by atomic mass is 16.7. The van der Waals surface area contributed by atoms with Crippen molar-refractivity contribution in [1.29, 1.82) is 0 Å². The number of amides is 1. The zero-order chi connectivity index (χ0) is 40.9. The number of ether oxygens (including phenoxy) is 2. The van der Waals surface area contributed by atoms with Gasteiger partial charge in [-0.2, -0.15) is 0 Å². The van der Waals surface area contributed by atoms with Crippen LogP contribution in [0.5, 0.6) is 0 Å². The summed E-state index contributed by atoms with van der Waals surface area (Å²) in [5.41, 5.74) is 0. The van der Waals surface area contributed by atoms with Gasteiger partial charge in [-0.15, -0.1) is 0 Å². The van der Waals surface area contributed by atoms with E-state index in [0.717, 1.165) is 89.9 Å². The van der Waals surface area contributed by atoms with Crippen LogP contribution >= 0.6 is 0 Å². The number of nitrogens with one attached hydrogen (secondary N) is 1. The maximum atomic E-state index is 12.9. The summed E-state index contributed by atoms with van der Waals surface area (Å²) < 4.78 is 11.2. The molecule has 6 N–H and O–H groups in total. The highest BCUT2D eigenvalue weighted by Gasteiger charge is 2.44. The molecule has 1 aliphatic heterocycles. The number of aliphatic hydroxyl groups is 5. The molecule has 0 aromatic heterocycles. The van der Waals surface area contributed by atoms with Crippen molar-refractivity contribution in [2.24, 2.45) is 0 Å². The van der Waals surface area contributed by atoms with E-state index in [0.29, 0.717) is 6.42 Å². The summed E-state index contributed by atoms with van der Waals surface area (Å²) in [7, 11) is 0. The zero-order valence-electron chi connectivity index (χ0n) is 34.8. The van der Waals surface area contributed by atoms with E-state index < -0.39 is 49.5 Å². The molecule has 7 atom stereocenters. The number of aliphatic hydroxyl groups excluding tert-OH is 5. The second-order valence-corrected chi connectivity index (χ2v) is 14.7. The summed E-state index contributed by atoms with van der Waals surface area (Å²) in [5, 5.41) is 54.0. The van der Waals surface area contributed by atoms with Crippen LogP contribution in [0.1, 0.15) is 149 Å². The molecule has 1 saturated heterocycles. The van der Waals surface area contributed by atoms with Gasteiger partial charge in [-0.25, -0.2) is 0 Å². The first-order valence-corrected chi connectivity index (χ1v) is 21.8. The first kappa shape index (κ1) is 51.4. The Morgan fingerprint density at radius 3 is 1.71 bits per heavy atom. The first-order chi connectivity index (χ1) is 27.3. The van der Waals surface area contributed by atoms with Crippen molar-refractivity contribution in [1.82, 2.24) is 5.32 Å². The van der Waals surface area contributed by atoms with Crippen LogP contribution in [0.25, 0.3) is 0 Å². The Morgan fingerprint density at radius 1 is 0.625 bits per heavy atom. The summed E-state index contributed by atoms with van der Waals surface area (Å²) in [6.45, 7) is 3.58. The van der Waals surface area contributed by atoms with E-state index in [-0.39, 0.29) is 12.5 Å². The smallest absolute Gasteiger partial charge is 0.220 e. The Hall–Kier alpha value is -2.63. The van der Waals surface area contributed by atoms with Crippen LogP contribution < -0.4 is 5.32 Å². The molecule has 56 heavy (non-hydrogen) atoms. The highest BCUT2D eigenvalue weighted by Crippen LogP contribution is 2.22. The van der Waals surface area contributed by atoms with E-state index in [2.05, 4.69) is 92.1 Å². The molecular weight excluding hydrogens is 707 g/mol. The normalized spacial score (nSPS) is 22.0. The van der Waals surface area contributed by atoms with Crippen molar-refractivity contribution in [3.05, 3.63) is 85.1 Å². The quantitative estimate of drug-likeness (QED) is 0.0280. The summed E-state index contributed by atoms with van der Waals surface area (Å²) >= 11 is 0. The third-order valence-corrected chi connectivity index (χ3v) is 9.70. The van der Waals surface area contributed by atoms with Crippen LogP contribution in [0.4, 0.5) is 0 Å². The van der Waals surface area contributed by atoms with Gasteiger partial charge in [0, 0.05) is 6.42 Å². The van der Waals surface area contributed by atoms with E-state index in [1.807, 2.05) is 6.08 Å². The van der Waals surface area contributed by atoms with Crippen molar-refractivity contribution in [2.75, 3.05) is 13.2 Å². The van der Waals surface area contributed by atoms with Gasteiger partial charge in [-0.1, -0.05) is 150 Å². The Balaban J connectivity index is 2.40. The monoisotopic (exact) mass is 786 g/mol. The van der Waals surface area contributed by atoms with Gasteiger partial charge in [0.25, 0.3) is 0 Å². The lowest BCUT2D eigenvalue weighted by Gasteiger charge is -2.40. The molecule has 0 saturated carbocycles. The lowest BCUT2D eigenvalue weighted by molar-refractivity contribution is -0.302. The minimum Gasteiger partial charge on any atom is -0.394 e. The molecular formula is C47H79NO8. The van der Waals surface area contributed by atoms with Gasteiger partial charge >= 0.3 is 0 Å². The first-order valence-electron chi connectivity index (χ1n) is 21.8. The minimum absolute atomic E-state index is 0.212. The summed E-state index contributed by atoms with van der Waals surface area (Å²) in [6, 6.07) is -0.835. The molecule has 9 nitrogen and oxygen atoms in total. The standard InChI is InChI=1S/C47H79NO8/c1-3-5-7-9-11-13-15-17-18-19-20-21-22-23-24-25-27-29-31-33-35-37-43(51)48-40(39-55-47-46(54)45(53)44(52)42(38-49)56-47)41(50)36-34-32-30-28-26-16-14-12-10-8-6-4-2/h5,7,11,13,17-18,20-21,23-24,26,28,34,36,40-42,44-47,49-50,52-54H,3-4,6,8-10,12,14-16,19,22,25,27,29-33,35,37-39H2,1-2H3,(H,48,51)/b7-5-,13-11-,18-17-,21-20-,24-23-,28-26+,36-34+. The molecule has 0 radical (unpaired) electrons. The highest BCUT2D eigenvalue weighted by molar-refractivity contribution is 5.76. The van der Waals surface area contributed by atoms with Gasteiger partial charge in [-0.05, 0) is 77.0 Å². The van der Waals surface area contributed by atoms with Crippen molar-refractivity contribution in [2.45, 2.75) is 192 Å². The fourth-order valence-electron chi connectivity index (χ4n) is 6.20. The molecule has 1 fully saturated rings. The van der Waals surface area contributed by atoms with Crippen LogP contribution in [0, 0.1) is 0 Å². The van der Waals surface area contributed by atoms with Gasteiger partial charge in [0.05, 0.1) is 25.4 Å². The van der Waals surface area contributed by atoms with Crippen LogP contribution in [0.15, 0.2) is 85.1 Å². The Bertz CT molecular complexity index is 1140. The van der Waals surface area contributed by atoms with Crippen LogP contribution in [0.3, 0.4) is 0 Å². The number of carbonyl (C=O) groups excluding carboxylic acids is 1. The molecule has 0 aromatic carbocycles. The summed E-state index contributed by atoms with van der Waals surface area (Å²) in [5.74, 6) is -0.212. The van der Waals surface area contributed by atoms with Gasteiger partial charge in [-0.3, -0.25) is 4.79 Å². The lowest BCUT2D eigenvalue weighted by Crippen LogP contribution is -2.60. The van der Waals surface area contributed by atoms with E-state index in [1.165, 1.54) is 38.5 Å². The molecule has 1 heterocycles. The Morgan fingerprint density at radius 2 is 1.12 bits per heavy atom. The SMILES string of the molecule is CC/C=C\C/C=C\C/C=C\C/C=C\C/C=C\CCCCCCCC(=O)NC(COC1OC(CO)C(O)C(O)C1O)C(O)/C=C/CC/C=C/CCCCCCCC. The molecule has 320 valence electrons. The number of rotatable bonds is 34. The molecule has 0 bridgehead atoms. The number of hydrogen-bond donors (Lipinski definition) is 6. The third kappa shape index (κ3) is 27.1. The van der Waals surface area contributed by atoms with Crippen molar-refractivity contribution >= 4 is 5.91 Å². The van der Waals surface area contributed by atoms with Gasteiger partial charge in [0.1, 0.15) is 24.4 Å². The van der Waals surface area contributed by atoms with Crippen molar-refractivity contribution < 1.29 is 39.8 Å². The fraction of sp³-hybridized carbons (Fsp3) is 0.681. The summed E-state index contributed by atoms with van der Waals surface area (Å²) in [6.07, 6.45) is 43.4. The lowest BCUT2D eigenvalue weighted by atomic mass is 9.99. The van der Waals surface area contributed by atoms with Gasteiger partial charge in [0.15, 0.2) is 6.29 Å². The summed E-state index contributed by atoms with van der Waals surface area (Å²) in [4.78, 5) is 12.9. The Kier molecular flexibility index (Phi) is 33.7. The molecule has 1 rings (SSSR count). The average Bonchev–Trinajstić information content (AvgIpc) is 3.20.